The molecule has 116 valence electrons. The van der Waals surface area contributed by atoms with Crippen LogP contribution in [-0.2, 0) is 19.4 Å². The molecule has 0 aromatic carbocycles. The van der Waals surface area contributed by atoms with Crippen molar-refractivity contribution in [1.82, 2.24) is 0 Å². The fraction of sp³-hybridized carbons (Fsp3) is 0.800. The standard InChI is InChI=1S/C15H26O4S/c1-11(2)14(16)19-12-6-8-13(9-7-12)20(17,18)10-15(3,4)5/h12-13H,1,6-10H2,2-5H3. The molecule has 0 aromatic heterocycles. The molecule has 0 atom stereocenters. The smallest absolute Gasteiger partial charge is 0.333 e. The van der Waals surface area contributed by atoms with E-state index in [0.29, 0.717) is 31.3 Å². The first-order valence-electron chi connectivity index (χ1n) is 7.09. The number of sulfone groups is 1. The zero-order valence-corrected chi connectivity index (χ0v) is 13.8. The van der Waals surface area contributed by atoms with Crippen molar-refractivity contribution in [3.8, 4) is 0 Å². The van der Waals surface area contributed by atoms with E-state index in [-0.39, 0.29) is 28.5 Å². The van der Waals surface area contributed by atoms with Crippen LogP contribution in [0.5, 0.6) is 0 Å². The minimum absolute atomic E-state index is 0.166. The minimum Gasteiger partial charge on any atom is -0.459 e. The largest absolute Gasteiger partial charge is 0.459 e. The van der Waals surface area contributed by atoms with Crippen LogP contribution in [0.3, 0.4) is 0 Å². The van der Waals surface area contributed by atoms with Crippen LogP contribution in [-0.4, -0.2) is 31.5 Å². The Morgan fingerprint density at radius 3 is 2.10 bits per heavy atom. The Bertz CT molecular complexity index is 463. The van der Waals surface area contributed by atoms with Gasteiger partial charge >= 0.3 is 5.97 Å². The van der Waals surface area contributed by atoms with E-state index in [1.165, 1.54) is 0 Å². The highest BCUT2D eigenvalue weighted by molar-refractivity contribution is 7.92. The summed E-state index contributed by atoms with van der Waals surface area (Å²) >= 11 is 0. The minimum atomic E-state index is -3.07. The molecule has 1 saturated carbocycles. The summed E-state index contributed by atoms with van der Waals surface area (Å²) in [6.45, 7) is 11.0. The number of esters is 1. The van der Waals surface area contributed by atoms with Crippen LogP contribution >= 0.6 is 0 Å². The van der Waals surface area contributed by atoms with Crippen LogP contribution in [0.25, 0.3) is 0 Å². The third kappa shape index (κ3) is 5.27. The van der Waals surface area contributed by atoms with E-state index in [1.54, 1.807) is 6.92 Å². The lowest BCUT2D eigenvalue weighted by atomic mass is 9.97. The molecule has 0 spiro atoms. The van der Waals surface area contributed by atoms with E-state index in [0.717, 1.165) is 0 Å². The van der Waals surface area contributed by atoms with Crippen molar-refractivity contribution in [3.05, 3.63) is 12.2 Å². The van der Waals surface area contributed by atoms with Crippen molar-refractivity contribution in [2.45, 2.75) is 64.7 Å². The van der Waals surface area contributed by atoms with Gasteiger partial charge in [-0.2, -0.15) is 0 Å². The quantitative estimate of drug-likeness (QED) is 0.592. The summed E-state index contributed by atoms with van der Waals surface area (Å²) in [6.07, 6.45) is 2.22. The van der Waals surface area contributed by atoms with Gasteiger partial charge in [0.1, 0.15) is 6.10 Å². The molecule has 20 heavy (non-hydrogen) atoms. The van der Waals surface area contributed by atoms with Crippen molar-refractivity contribution < 1.29 is 17.9 Å². The Morgan fingerprint density at radius 2 is 1.70 bits per heavy atom. The molecule has 0 saturated heterocycles. The van der Waals surface area contributed by atoms with Gasteiger partial charge in [-0.1, -0.05) is 27.4 Å². The zero-order valence-electron chi connectivity index (χ0n) is 12.9. The zero-order chi connectivity index (χ0) is 15.6. The van der Waals surface area contributed by atoms with E-state index in [1.807, 2.05) is 20.8 Å². The second-order valence-electron chi connectivity index (χ2n) is 6.95. The first kappa shape index (κ1) is 17.2. The first-order valence-corrected chi connectivity index (χ1v) is 8.81. The molecule has 1 fully saturated rings. The molecule has 0 heterocycles. The molecule has 0 aromatic rings. The molecular formula is C15H26O4S. The average Bonchev–Trinajstić information content (AvgIpc) is 2.26. The Hall–Kier alpha value is -0.840. The van der Waals surface area contributed by atoms with Gasteiger partial charge in [-0.25, -0.2) is 13.2 Å². The van der Waals surface area contributed by atoms with Gasteiger partial charge < -0.3 is 4.74 Å². The molecule has 0 amide bonds. The summed E-state index contributed by atoms with van der Waals surface area (Å²) in [5, 5.41) is -0.290. The molecule has 0 radical (unpaired) electrons. The maximum absolute atomic E-state index is 12.3. The molecule has 0 unspecified atom stereocenters. The topological polar surface area (TPSA) is 60.4 Å². The van der Waals surface area contributed by atoms with Gasteiger partial charge in [-0.3, -0.25) is 0 Å². The van der Waals surface area contributed by atoms with Gasteiger partial charge in [0, 0.05) is 5.57 Å². The van der Waals surface area contributed by atoms with Crippen LogP contribution < -0.4 is 0 Å². The highest BCUT2D eigenvalue weighted by Crippen LogP contribution is 2.29. The second kappa shape index (κ2) is 6.29. The van der Waals surface area contributed by atoms with E-state index < -0.39 is 9.84 Å². The van der Waals surface area contributed by atoms with Gasteiger partial charge in [0.2, 0.25) is 0 Å². The second-order valence-corrected chi connectivity index (χ2v) is 9.23. The normalized spacial score (nSPS) is 24.2. The summed E-state index contributed by atoms with van der Waals surface area (Å²) < 4.78 is 29.9. The summed E-state index contributed by atoms with van der Waals surface area (Å²) in [6, 6.07) is 0. The van der Waals surface area contributed by atoms with Crippen LogP contribution in [0.15, 0.2) is 12.2 Å². The first-order chi connectivity index (χ1) is 9.01. The lowest BCUT2D eigenvalue weighted by Gasteiger charge is -2.30. The summed E-state index contributed by atoms with van der Waals surface area (Å²) in [5.41, 5.74) is 0.162. The highest BCUT2D eigenvalue weighted by Gasteiger charge is 2.34. The van der Waals surface area contributed by atoms with Crippen molar-refractivity contribution in [3.63, 3.8) is 0 Å². The van der Waals surface area contributed by atoms with Crippen LogP contribution in [0.1, 0.15) is 53.4 Å². The highest BCUT2D eigenvalue weighted by atomic mass is 32.2. The Balaban J connectivity index is 2.54. The molecule has 1 rings (SSSR count). The van der Waals surface area contributed by atoms with Gasteiger partial charge in [0.25, 0.3) is 0 Å². The summed E-state index contributed by atoms with van der Waals surface area (Å²) in [5.74, 6) is -0.174. The number of rotatable bonds is 4. The number of ether oxygens (including phenoxy) is 1. The molecule has 4 nitrogen and oxygen atoms in total. The third-order valence-electron chi connectivity index (χ3n) is 3.39. The van der Waals surface area contributed by atoms with Crippen molar-refractivity contribution in [1.29, 1.82) is 0 Å². The predicted octanol–water partition coefficient (Wildman–Crippen LogP) is 2.88. The fourth-order valence-corrected chi connectivity index (χ4v) is 4.92. The Labute approximate surface area is 122 Å². The Kier molecular flexibility index (Phi) is 5.41. The van der Waals surface area contributed by atoms with E-state index in [2.05, 4.69) is 6.58 Å². The van der Waals surface area contributed by atoms with Gasteiger partial charge in [-0.05, 0) is 38.0 Å². The monoisotopic (exact) mass is 302 g/mol. The number of carbonyl (C=O) groups is 1. The predicted molar refractivity (Wildman–Crippen MR) is 80.2 cm³/mol. The number of hydrogen-bond donors (Lipinski definition) is 0. The Morgan fingerprint density at radius 1 is 1.20 bits per heavy atom. The van der Waals surface area contributed by atoms with Crippen molar-refractivity contribution in [2.24, 2.45) is 5.41 Å². The van der Waals surface area contributed by atoms with Crippen LogP contribution in [0.4, 0.5) is 0 Å². The summed E-state index contributed by atoms with van der Waals surface area (Å²) in [7, 11) is -3.07. The lowest BCUT2D eigenvalue weighted by Crippen LogP contribution is -2.35. The molecule has 0 N–H and O–H groups in total. The molecule has 5 heteroatoms. The fourth-order valence-electron chi connectivity index (χ4n) is 2.48. The molecule has 1 aliphatic rings. The third-order valence-corrected chi connectivity index (χ3v) is 6.14. The van der Waals surface area contributed by atoms with Crippen molar-refractivity contribution in [2.75, 3.05) is 5.75 Å². The van der Waals surface area contributed by atoms with Crippen LogP contribution in [0, 0.1) is 5.41 Å². The van der Waals surface area contributed by atoms with E-state index in [4.69, 9.17) is 4.74 Å². The SMILES string of the molecule is C=C(C)C(=O)OC1CCC(S(=O)(=O)CC(C)(C)C)CC1. The number of hydrogen-bond acceptors (Lipinski definition) is 4. The number of carbonyl (C=O) groups excluding carboxylic acids is 1. The van der Waals surface area contributed by atoms with Gasteiger partial charge in [0.05, 0.1) is 11.0 Å². The molecule has 0 aliphatic heterocycles. The van der Waals surface area contributed by atoms with Crippen LogP contribution in [0.2, 0.25) is 0 Å². The van der Waals surface area contributed by atoms with Gasteiger partial charge in [-0.15, -0.1) is 0 Å². The maximum atomic E-state index is 12.3. The molecule has 1 aliphatic carbocycles. The summed E-state index contributed by atoms with van der Waals surface area (Å²) in [4.78, 5) is 11.4. The maximum Gasteiger partial charge on any atom is 0.333 e. The molecular weight excluding hydrogens is 276 g/mol. The lowest BCUT2D eigenvalue weighted by molar-refractivity contribution is -0.145. The molecule has 0 bridgehead atoms. The van der Waals surface area contributed by atoms with Crippen molar-refractivity contribution >= 4 is 15.8 Å². The van der Waals surface area contributed by atoms with E-state index in [9.17, 15) is 13.2 Å². The van der Waals surface area contributed by atoms with Gasteiger partial charge in [0.15, 0.2) is 9.84 Å². The van der Waals surface area contributed by atoms with E-state index >= 15 is 0 Å². The average molecular weight is 302 g/mol.